The molecule has 1 aliphatic heterocycles. The molecule has 1 N–H and O–H groups in total. The number of methoxy groups -OCH3 is 2. The fourth-order valence-electron chi connectivity index (χ4n) is 5.02. The monoisotopic (exact) mass is 552 g/mol. The highest BCUT2D eigenvalue weighted by atomic mass is 16.6. The molecule has 4 atom stereocenters. The van der Waals surface area contributed by atoms with Crippen LogP contribution in [0, 0.1) is 10.8 Å². The van der Waals surface area contributed by atoms with Crippen molar-refractivity contribution >= 4 is 33.5 Å². The van der Waals surface area contributed by atoms with Crippen molar-refractivity contribution in [2.24, 2.45) is 10.8 Å². The number of hydrogen-bond acceptors (Lipinski definition) is 8. The Morgan fingerprint density at radius 2 is 1.38 bits per heavy atom. The van der Waals surface area contributed by atoms with Crippen LogP contribution in [0.25, 0.3) is 21.5 Å². The van der Waals surface area contributed by atoms with E-state index in [1.54, 1.807) is 68.8 Å². The maximum Gasteiger partial charge on any atom is 0.311 e. The van der Waals surface area contributed by atoms with Crippen molar-refractivity contribution < 1.29 is 38.4 Å². The first kappa shape index (κ1) is 29.5. The van der Waals surface area contributed by atoms with E-state index in [1.165, 1.54) is 0 Å². The normalized spacial score (nSPS) is 21.7. The number of benzene rings is 3. The number of aromatic hydroxyl groups is 1. The number of phenols is 1. The minimum atomic E-state index is -0.810. The van der Waals surface area contributed by atoms with Gasteiger partial charge in [0.1, 0.15) is 23.4 Å². The zero-order valence-electron chi connectivity index (χ0n) is 24.8. The summed E-state index contributed by atoms with van der Waals surface area (Å²) in [5.74, 6) is 0.296. The molecule has 0 aliphatic carbocycles. The van der Waals surface area contributed by atoms with E-state index < -0.39 is 47.2 Å². The number of phenolic OH excluding ortho intramolecular Hbond substituents is 1. The lowest BCUT2D eigenvalue weighted by atomic mass is 9.90. The van der Waals surface area contributed by atoms with Crippen molar-refractivity contribution in [2.75, 3.05) is 14.2 Å². The van der Waals surface area contributed by atoms with Crippen LogP contribution in [-0.4, -0.2) is 49.6 Å². The van der Waals surface area contributed by atoms with Gasteiger partial charge in [0, 0.05) is 28.1 Å². The summed E-state index contributed by atoms with van der Waals surface area (Å²) in [7, 11) is 3.16. The molecule has 3 aromatic carbocycles. The molecule has 0 spiro atoms. The molecule has 1 aliphatic rings. The Hall–Kier alpha value is -3.52. The van der Waals surface area contributed by atoms with Crippen LogP contribution in [0.2, 0.25) is 0 Å². The van der Waals surface area contributed by atoms with Crippen molar-refractivity contribution in [3.63, 3.8) is 0 Å². The third-order valence-electron chi connectivity index (χ3n) is 7.23. The van der Waals surface area contributed by atoms with E-state index >= 15 is 0 Å². The molecule has 0 aromatic heterocycles. The smallest absolute Gasteiger partial charge is 0.311 e. The number of hydrogen-bond donors (Lipinski definition) is 1. The van der Waals surface area contributed by atoms with Crippen LogP contribution in [0.4, 0.5) is 0 Å². The molecular weight excluding hydrogens is 512 g/mol. The van der Waals surface area contributed by atoms with Gasteiger partial charge in [-0.15, -0.1) is 0 Å². The molecule has 1 saturated heterocycles. The Balaban J connectivity index is 1.80. The largest absolute Gasteiger partial charge is 0.507 e. The molecule has 0 amide bonds. The fraction of sp³-hybridized carbons (Fsp3) is 0.500. The van der Waals surface area contributed by atoms with Gasteiger partial charge in [0.05, 0.1) is 42.6 Å². The van der Waals surface area contributed by atoms with Gasteiger partial charge in [-0.25, -0.2) is 0 Å². The van der Waals surface area contributed by atoms with Gasteiger partial charge >= 0.3 is 11.9 Å². The summed E-state index contributed by atoms with van der Waals surface area (Å²) in [6.45, 7) is 12.4. The molecule has 1 heterocycles. The Bertz CT molecular complexity index is 1430. The van der Waals surface area contributed by atoms with E-state index in [9.17, 15) is 14.7 Å². The van der Waals surface area contributed by atoms with Gasteiger partial charge < -0.3 is 28.8 Å². The van der Waals surface area contributed by atoms with Crippen LogP contribution in [0.5, 0.6) is 17.2 Å². The number of esters is 2. The highest BCUT2D eigenvalue weighted by Crippen LogP contribution is 2.49. The lowest BCUT2D eigenvalue weighted by molar-refractivity contribution is -0.214. The van der Waals surface area contributed by atoms with E-state index in [-0.39, 0.29) is 12.2 Å². The van der Waals surface area contributed by atoms with E-state index in [2.05, 4.69) is 0 Å². The van der Waals surface area contributed by atoms with Crippen LogP contribution in [0.15, 0.2) is 36.4 Å². The molecule has 3 aromatic rings. The lowest BCUT2D eigenvalue weighted by Crippen LogP contribution is -2.50. The van der Waals surface area contributed by atoms with E-state index in [0.29, 0.717) is 27.8 Å². The van der Waals surface area contributed by atoms with Gasteiger partial charge in [-0.1, -0.05) is 30.3 Å². The Morgan fingerprint density at radius 3 is 1.93 bits per heavy atom. The Morgan fingerprint density at radius 1 is 0.825 bits per heavy atom. The highest BCUT2D eigenvalue weighted by molar-refractivity contribution is 6.13. The van der Waals surface area contributed by atoms with Gasteiger partial charge in [0.25, 0.3) is 0 Å². The molecule has 0 saturated carbocycles. The molecule has 8 nitrogen and oxygen atoms in total. The fourth-order valence-corrected chi connectivity index (χ4v) is 5.02. The molecule has 4 rings (SSSR count). The first-order valence-electron chi connectivity index (χ1n) is 13.5. The second-order valence-electron chi connectivity index (χ2n) is 12.4. The third kappa shape index (κ3) is 5.42. The number of ether oxygens (including phenoxy) is 5. The average molecular weight is 553 g/mol. The quantitative estimate of drug-likeness (QED) is 0.284. The number of carbonyl (C=O) groups excluding carboxylic acids is 2. The van der Waals surface area contributed by atoms with Gasteiger partial charge in [0.2, 0.25) is 0 Å². The molecule has 40 heavy (non-hydrogen) atoms. The Labute approximate surface area is 235 Å². The van der Waals surface area contributed by atoms with E-state index in [4.69, 9.17) is 23.7 Å². The summed E-state index contributed by atoms with van der Waals surface area (Å²) in [5, 5.41) is 14.5. The van der Waals surface area contributed by atoms with Crippen molar-refractivity contribution in [2.45, 2.75) is 79.3 Å². The van der Waals surface area contributed by atoms with Crippen molar-refractivity contribution in [3.8, 4) is 17.2 Å². The maximum absolute atomic E-state index is 12.9. The molecule has 8 heteroatoms. The summed E-state index contributed by atoms with van der Waals surface area (Å²) < 4.78 is 29.7. The van der Waals surface area contributed by atoms with Crippen LogP contribution < -0.4 is 9.47 Å². The molecule has 1 fully saturated rings. The summed E-state index contributed by atoms with van der Waals surface area (Å²) in [6, 6.07) is 11.3. The van der Waals surface area contributed by atoms with Crippen LogP contribution in [0.1, 0.15) is 66.6 Å². The molecule has 0 bridgehead atoms. The van der Waals surface area contributed by atoms with Crippen molar-refractivity contribution in [1.29, 1.82) is 0 Å². The lowest BCUT2D eigenvalue weighted by Gasteiger charge is -2.41. The predicted octanol–water partition coefficient (Wildman–Crippen LogP) is 6.48. The number of fused-ring (bicyclic) bond motifs is 2. The highest BCUT2D eigenvalue weighted by Gasteiger charge is 2.45. The first-order chi connectivity index (χ1) is 18.7. The van der Waals surface area contributed by atoms with Gasteiger partial charge in [0.15, 0.2) is 6.10 Å². The molecule has 216 valence electrons. The maximum atomic E-state index is 12.9. The summed E-state index contributed by atoms with van der Waals surface area (Å²) in [4.78, 5) is 25.8. The zero-order chi connectivity index (χ0) is 29.6. The average Bonchev–Trinajstić information content (AvgIpc) is 2.88. The summed E-state index contributed by atoms with van der Waals surface area (Å²) in [6.07, 6.45) is -2.68. The van der Waals surface area contributed by atoms with Gasteiger partial charge in [-0.05, 0) is 54.5 Å². The second-order valence-corrected chi connectivity index (χ2v) is 12.4. The topological polar surface area (TPSA) is 101 Å². The second kappa shape index (κ2) is 10.8. The molecular formula is C32H40O8. The van der Waals surface area contributed by atoms with Crippen LogP contribution in [0.3, 0.4) is 0 Å². The van der Waals surface area contributed by atoms with E-state index in [1.807, 2.05) is 30.3 Å². The summed E-state index contributed by atoms with van der Waals surface area (Å²) in [5.41, 5.74) is -0.997. The number of carbonyl (C=O) groups is 2. The van der Waals surface area contributed by atoms with Gasteiger partial charge in [-0.2, -0.15) is 0 Å². The van der Waals surface area contributed by atoms with Gasteiger partial charge in [-0.3, -0.25) is 9.59 Å². The molecule has 0 unspecified atom stereocenters. The van der Waals surface area contributed by atoms with Crippen LogP contribution >= 0.6 is 0 Å². The van der Waals surface area contributed by atoms with E-state index in [0.717, 1.165) is 10.8 Å². The predicted molar refractivity (Wildman–Crippen MR) is 153 cm³/mol. The van der Waals surface area contributed by atoms with Crippen LogP contribution in [-0.2, 0) is 23.8 Å². The zero-order valence-corrected chi connectivity index (χ0v) is 24.8. The molecule has 0 radical (unpaired) electrons. The minimum absolute atomic E-state index is 0.0124. The first-order valence-corrected chi connectivity index (χ1v) is 13.5. The van der Waals surface area contributed by atoms with Crippen molar-refractivity contribution in [3.05, 3.63) is 42.0 Å². The standard InChI is InChI=1S/C32H40O8/c1-17-26(40-30(35)32(5,6)7)23(39-29(34)31(2,3)4)16-22(38-17)20-14-15-21-24(25(20)33)28(37-9)19-13-11-10-12-18(19)27(21)36-8/h10-15,17,22-23,26,33H,16H2,1-9H3/t17-,22-,23-,26-/m1/s1. The van der Waals surface area contributed by atoms with Crippen molar-refractivity contribution in [1.82, 2.24) is 0 Å². The SMILES string of the molecule is COc1c2ccccc2c(OC)c2c(O)c([C@H]3C[C@@H](OC(=O)C(C)(C)C)[C@H](OC(=O)C(C)(C)C)[C@@H](C)O3)ccc12. The number of rotatable bonds is 5. The minimum Gasteiger partial charge on any atom is -0.507 e. The summed E-state index contributed by atoms with van der Waals surface area (Å²) >= 11 is 0. The third-order valence-corrected chi connectivity index (χ3v) is 7.23. The Kier molecular flexibility index (Phi) is 7.96.